The highest BCUT2D eigenvalue weighted by molar-refractivity contribution is 5.79. The number of hydrogen-bond acceptors (Lipinski definition) is 3. The maximum atomic E-state index is 12.8. The van der Waals surface area contributed by atoms with Crippen LogP contribution in [0.3, 0.4) is 0 Å². The van der Waals surface area contributed by atoms with Crippen LogP contribution in [0.15, 0.2) is 0 Å². The van der Waals surface area contributed by atoms with E-state index < -0.39 is 0 Å². The van der Waals surface area contributed by atoms with Crippen molar-refractivity contribution in [2.24, 2.45) is 11.3 Å². The predicted molar refractivity (Wildman–Crippen MR) is 76.2 cm³/mol. The first-order chi connectivity index (χ1) is 9.53. The molecule has 114 valence electrons. The Morgan fingerprint density at radius 1 is 1.05 bits per heavy atom. The second-order valence-electron chi connectivity index (χ2n) is 7.22. The Morgan fingerprint density at radius 3 is 2.30 bits per heavy atom. The van der Waals surface area contributed by atoms with Crippen molar-refractivity contribution < 1.29 is 14.3 Å². The first-order valence-corrected chi connectivity index (χ1v) is 8.09. The Balaban J connectivity index is 1.61. The molecule has 0 aromatic carbocycles. The van der Waals surface area contributed by atoms with Crippen LogP contribution in [0.25, 0.3) is 0 Å². The molecule has 1 amide bonds. The molecule has 0 N–H and O–H groups in total. The third-order valence-electron chi connectivity index (χ3n) is 5.46. The van der Waals surface area contributed by atoms with Crippen molar-refractivity contribution in [3.05, 3.63) is 0 Å². The third kappa shape index (κ3) is 2.60. The van der Waals surface area contributed by atoms with Crippen LogP contribution in [0.4, 0.5) is 0 Å². The molecule has 0 aromatic heterocycles. The summed E-state index contributed by atoms with van der Waals surface area (Å²) in [7, 11) is 0. The maximum absolute atomic E-state index is 12.8. The molecule has 20 heavy (non-hydrogen) atoms. The fourth-order valence-electron chi connectivity index (χ4n) is 4.03. The zero-order valence-corrected chi connectivity index (χ0v) is 12.8. The Bertz CT molecular complexity index is 364. The second kappa shape index (κ2) is 5.30. The van der Waals surface area contributed by atoms with Gasteiger partial charge in [0.2, 0.25) is 5.91 Å². The molecule has 3 aliphatic rings. The van der Waals surface area contributed by atoms with Crippen LogP contribution in [-0.4, -0.2) is 42.9 Å². The molecule has 1 atom stereocenters. The molecule has 2 aliphatic heterocycles. The third-order valence-corrected chi connectivity index (χ3v) is 5.46. The van der Waals surface area contributed by atoms with Crippen LogP contribution < -0.4 is 0 Å². The molecule has 3 fully saturated rings. The molecule has 2 saturated heterocycles. The topological polar surface area (TPSA) is 38.8 Å². The standard InChI is InChI=1S/C16H27NO3/c1-15(2)6-4-3-5-13(15)14(18)17-9-7-16(8-10-17)19-11-12-20-16/h13H,3-12H2,1-2H3. The molecule has 1 aliphatic carbocycles. The van der Waals surface area contributed by atoms with Gasteiger partial charge in [-0.1, -0.05) is 26.7 Å². The summed E-state index contributed by atoms with van der Waals surface area (Å²) in [6, 6.07) is 0. The van der Waals surface area contributed by atoms with E-state index in [-0.39, 0.29) is 17.1 Å². The number of carbonyl (C=O) groups excluding carboxylic acids is 1. The lowest BCUT2D eigenvalue weighted by Gasteiger charge is -2.43. The van der Waals surface area contributed by atoms with E-state index >= 15 is 0 Å². The van der Waals surface area contributed by atoms with Crippen molar-refractivity contribution in [2.45, 2.75) is 58.2 Å². The summed E-state index contributed by atoms with van der Waals surface area (Å²) in [5.74, 6) is 0.192. The van der Waals surface area contributed by atoms with Gasteiger partial charge in [0.25, 0.3) is 0 Å². The molecule has 0 bridgehead atoms. The number of rotatable bonds is 1. The summed E-state index contributed by atoms with van der Waals surface area (Å²) in [5, 5.41) is 0. The first-order valence-electron chi connectivity index (χ1n) is 8.09. The Kier molecular flexibility index (Phi) is 3.80. The van der Waals surface area contributed by atoms with Crippen molar-refractivity contribution in [2.75, 3.05) is 26.3 Å². The summed E-state index contributed by atoms with van der Waals surface area (Å²) < 4.78 is 11.5. The highest BCUT2D eigenvalue weighted by Crippen LogP contribution is 2.42. The maximum Gasteiger partial charge on any atom is 0.226 e. The Hall–Kier alpha value is -0.610. The van der Waals surface area contributed by atoms with Gasteiger partial charge in [0.05, 0.1) is 13.2 Å². The van der Waals surface area contributed by atoms with E-state index in [9.17, 15) is 4.79 Å². The lowest BCUT2D eigenvalue weighted by atomic mass is 9.68. The van der Waals surface area contributed by atoms with Crippen molar-refractivity contribution in [3.63, 3.8) is 0 Å². The van der Waals surface area contributed by atoms with Gasteiger partial charge in [-0.2, -0.15) is 0 Å². The molecular weight excluding hydrogens is 254 g/mol. The number of likely N-dealkylation sites (tertiary alicyclic amines) is 1. The smallest absolute Gasteiger partial charge is 0.226 e. The molecular formula is C16H27NO3. The molecule has 4 heteroatoms. The minimum Gasteiger partial charge on any atom is -0.347 e. The van der Waals surface area contributed by atoms with Crippen LogP contribution in [0.5, 0.6) is 0 Å². The minimum absolute atomic E-state index is 0.158. The van der Waals surface area contributed by atoms with E-state index in [2.05, 4.69) is 13.8 Å². The summed E-state index contributed by atoms with van der Waals surface area (Å²) in [5.41, 5.74) is 0.158. The fraction of sp³-hybridized carbons (Fsp3) is 0.938. The highest BCUT2D eigenvalue weighted by Gasteiger charge is 2.44. The highest BCUT2D eigenvalue weighted by atomic mass is 16.7. The largest absolute Gasteiger partial charge is 0.347 e. The van der Waals surface area contributed by atoms with E-state index in [0.29, 0.717) is 19.1 Å². The lowest BCUT2D eigenvalue weighted by molar-refractivity contribution is -0.189. The van der Waals surface area contributed by atoms with Crippen molar-refractivity contribution in [1.29, 1.82) is 0 Å². The molecule has 1 spiro atoms. The van der Waals surface area contributed by atoms with Crippen LogP contribution in [0, 0.1) is 11.3 Å². The van der Waals surface area contributed by atoms with Gasteiger partial charge in [0.1, 0.15) is 0 Å². The van der Waals surface area contributed by atoms with Gasteiger partial charge >= 0.3 is 0 Å². The second-order valence-corrected chi connectivity index (χ2v) is 7.22. The van der Waals surface area contributed by atoms with Gasteiger partial charge in [0.15, 0.2) is 5.79 Å². The van der Waals surface area contributed by atoms with Crippen LogP contribution >= 0.6 is 0 Å². The zero-order valence-electron chi connectivity index (χ0n) is 12.8. The van der Waals surface area contributed by atoms with Crippen molar-refractivity contribution >= 4 is 5.91 Å². The van der Waals surface area contributed by atoms with Gasteiger partial charge < -0.3 is 14.4 Å². The van der Waals surface area contributed by atoms with Gasteiger partial charge in [-0.3, -0.25) is 4.79 Å². The number of carbonyl (C=O) groups is 1. The molecule has 0 radical (unpaired) electrons. The normalized spacial score (nSPS) is 32.5. The fourth-order valence-corrected chi connectivity index (χ4v) is 4.03. The Morgan fingerprint density at radius 2 is 1.70 bits per heavy atom. The predicted octanol–water partition coefficient (Wildman–Crippen LogP) is 2.57. The summed E-state index contributed by atoms with van der Waals surface area (Å²) in [6.07, 6.45) is 6.34. The van der Waals surface area contributed by atoms with E-state index in [0.717, 1.165) is 32.4 Å². The molecule has 1 unspecified atom stereocenters. The zero-order chi connectivity index (χ0) is 14.2. The Labute approximate surface area is 121 Å². The molecule has 0 aromatic rings. The average molecular weight is 281 g/mol. The average Bonchev–Trinajstić information content (AvgIpc) is 2.87. The number of piperidine rings is 1. The first kappa shape index (κ1) is 14.3. The molecule has 2 heterocycles. The van der Waals surface area contributed by atoms with Crippen LogP contribution in [-0.2, 0) is 14.3 Å². The van der Waals surface area contributed by atoms with Gasteiger partial charge in [-0.05, 0) is 18.3 Å². The van der Waals surface area contributed by atoms with Crippen LogP contribution in [0.2, 0.25) is 0 Å². The van der Waals surface area contributed by atoms with E-state index in [1.165, 1.54) is 19.3 Å². The van der Waals surface area contributed by atoms with Gasteiger partial charge in [-0.25, -0.2) is 0 Å². The van der Waals surface area contributed by atoms with Crippen LogP contribution in [0.1, 0.15) is 52.4 Å². The SMILES string of the molecule is CC1(C)CCCCC1C(=O)N1CCC2(CC1)OCCO2. The number of hydrogen-bond donors (Lipinski definition) is 0. The van der Waals surface area contributed by atoms with Crippen molar-refractivity contribution in [3.8, 4) is 0 Å². The van der Waals surface area contributed by atoms with Gasteiger partial charge in [0, 0.05) is 31.8 Å². The monoisotopic (exact) mass is 281 g/mol. The van der Waals surface area contributed by atoms with E-state index in [1.807, 2.05) is 4.90 Å². The van der Waals surface area contributed by atoms with E-state index in [1.54, 1.807) is 0 Å². The minimum atomic E-state index is -0.376. The molecule has 4 nitrogen and oxygen atoms in total. The summed E-state index contributed by atoms with van der Waals surface area (Å²) in [4.78, 5) is 14.9. The number of nitrogens with zero attached hydrogens (tertiary/aromatic N) is 1. The lowest BCUT2D eigenvalue weighted by Crippen LogP contribution is -2.51. The van der Waals surface area contributed by atoms with E-state index in [4.69, 9.17) is 9.47 Å². The summed E-state index contributed by atoms with van der Waals surface area (Å²) >= 11 is 0. The molecule has 1 saturated carbocycles. The quantitative estimate of drug-likeness (QED) is 0.741. The summed E-state index contributed by atoms with van der Waals surface area (Å²) in [6.45, 7) is 7.47. The van der Waals surface area contributed by atoms with Gasteiger partial charge in [-0.15, -0.1) is 0 Å². The van der Waals surface area contributed by atoms with Crippen molar-refractivity contribution in [1.82, 2.24) is 4.90 Å². The molecule has 3 rings (SSSR count). The number of amides is 1. The number of ether oxygens (including phenoxy) is 2.